The molecular formula is C18H22O5. The molecule has 0 amide bonds. The summed E-state index contributed by atoms with van der Waals surface area (Å²) in [5.41, 5.74) is 1.04. The molecule has 0 saturated carbocycles. The van der Waals surface area contributed by atoms with Gasteiger partial charge in [0.2, 0.25) is 11.6 Å². The molecule has 1 aromatic carbocycles. The molecule has 5 nitrogen and oxygen atoms in total. The summed E-state index contributed by atoms with van der Waals surface area (Å²) in [6, 6.07) is 9.03. The van der Waals surface area contributed by atoms with E-state index in [0.29, 0.717) is 17.7 Å². The Balaban J connectivity index is 2.48. The van der Waals surface area contributed by atoms with E-state index in [4.69, 9.17) is 18.9 Å². The van der Waals surface area contributed by atoms with Crippen molar-refractivity contribution < 1.29 is 23.7 Å². The van der Waals surface area contributed by atoms with Gasteiger partial charge in [-0.05, 0) is 25.2 Å². The molecule has 23 heavy (non-hydrogen) atoms. The third kappa shape index (κ3) is 3.01. The number of Topliss-reactive ketones (excluding diaryl/α,β-unsaturated/α-hetero) is 1. The summed E-state index contributed by atoms with van der Waals surface area (Å²) in [6.07, 6.45) is 4.92. The molecule has 0 heterocycles. The molecule has 1 unspecified atom stereocenters. The Hall–Kier alpha value is -1.79. The van der Waals surface area contributed by atoms with Crippen LogP contribution in [-0.4, -0.2) is 45.3 Å². The number of ketones is 1. The lowest BCUT2D eigenvalue weighted by Crippen LogP contribution is -2.58. The maximum absolute atomic E-state index is 12.7. The molecule has 2 rings (SSSR count). The summed E-state index contributed by atoms with van der Waals surface area (Å²) in [7, 11) is 4.49. The number of carbonyl (C=O) groups excluding carboxylic acids is 1. The molecule has 1 aliphatic carbocycles. The fraction of sp³-hybridized carbons (Fsp3) is 0.389. The first kappa shape index (κ1) is 17.6. The number of carbonyl (C=O) groups is 1. The summed E-state index contributed by atoms with van der Waals surface area (Å²) >= 11 is 0. The Kier molecular flexibility index (Phi) is 5.49. The molecule has 0 radical (unpaired) electrons. The zero-order valence-electron chi connectivity index (χ0n) is 13.9. The molecule has 0 N–H and O–H groups in total. The number of hydrogen-bond donors (Lipinski definition) is 0. The third-order valence-corrected chi connectivity index (χ3v) is 3.88. The zero-order chi connectivity index (χ0) is 16.9. The van der Waals surface area contributed by atoms with Gasteiger partial charge in [0.1, 0.15) is 0 Å². The maximum atomic E-state index is 12.7. The second-order valence-electron chi connectivity index (χ2n) is 5.01. The van der Waals surface area contributed by atoms with Crippen LogP contribution in [0.25, 0.3) is 0 Å². The highest BCUT2D eigenvalue weighted by Gasteiger charge is 2.54. The van der Waals surface area contributed by atoms with Gasteiger partial charge < -0.3 is 18.9 Å². The van der Waals surface area contributed by atoms with E-state index in [1.165, 1.54) is 21.3 Å². The van der Waals surface area contributed by atoms with Crippen molar-refractivity contribution in [1.29, 1.82) is 0 Å². The molecule has 124 valence electrons. The lowest BCUT2D eigenvalue weighted by atomic mass is 9.90. The fourth-order valence-corrected chi connectivity index (χ4v) is 2.69. The summed E-state index contributed by atoms with van der Waals surface area (Å²) in [5.74, 6) is -2.73. The summed E-state index contributed by atoms with van der Waals surface area (Å²) in [6.45, 7) is 2.20. The van der Waals surface area contributed by atoms with Gasteiger partial charge in [0.25, 0.3) is 0 Å². The second kappa shape index (κ2) is 7.19. The number of methoxy groups -OCH3 is 3. The zero-order valence-corrected chi connectivity index (χ0v) is 13.9. The van der Waals surface area contributed by atoms with E-state index < -0.39 is 11.6 Å². The molecule has 1 atom stereocenters. The van der Waals surface area contributed by atoms with Crippen LogP contribution in [-0.2, 0) is 18.9 Å². The minimum atomic E-state index is -1.35. The quantitative estimate of drug-likeness (QED) is 0.571. The van der Waals surface area contributed by atoms with Crippen LogP contribution in [0.1, 0.15) is 17.3 Å². The van der Waals surface area contributed by atoms with Crippen molar-refractivity contribution in [3.05, 3.63) is 59.7 Å². The van der Waals surface area contributed by atoms with Gasteiger partial charge in [-0.25, -0.2) is 0 Å². The van der Waals surface area contributed by atoms with Crippen LogP contribution < -0.4 is 0 Å². The van der Waals surface area contributed by atoms with Crippen molar-refractivity contribution >= 4 is 5.78 Å². The number of hydrogen-bond acceptors (Lipinski definition) is 5. The van der Waals surface area contributed by atoms with Crippen molar-refractivity contribution in [2.75, 3.05) is 27.9 Å². The van der Waals surface area contributed by atoms with Crippen molar-refractivity contribution in [1.82, 2.24) is 0 Å². The van der Waals surface area contributed by atoms with Gasteiger partial charge in [0.05, 0.1) is 0 Å². The normalized spacial score (nSPS) is 22.7. The first-order valence-corrected chi connectivity index (χ1v) is 7.39. The van der Waals surface area contributed by atoms with Gasteiger partial charge in [0, 0.05) is 39.1 Å². The van der Waals surface area contributed by atoms with Crippen LogP contribution in [0.5, 0.6) is 0 Å². The highest BCUT2D eigenvalue weighted by molar-refractivity contribution is 6.10. The molecule has 0 bridgehead atoms. The lowest BCUT2D eigenvalue weighted by Gasteiger charge is -2.44. The first-order chi connectivity index (χ1) is 11.1. The fourth-order valence-electron chi connectivity index (χ4n) is 2.69. The van der Waals surface area contributed by atoms with E-state index in [0.717, 1.165) is 0 Å². The lowest BCUT2D eigenvalue weighted by molar-refractivity contribution is -0.351. The topological polar surface area (TPSA) is 54.0 Å². The van der Waals surface area contributed by atoms with E-state index in [1.807, 2.05) is 25.1 Å². The largest absolute Gasteiger partial charge is 0.345 e. The van der Waals surface area contributed by atoms with Crippen LogP contribution in [0.15, 0.2) is 54.1 Å². The Morgan fingerprint density at radius 1 is 1.00 bits per heavy atom. The SMILES string of the molecule is CCOC1(OC)C=C(C(=O)c2ccccc2)C=CC1(OC)OC. The van der Waals surface area contributed by atoms with Gasteiger partial charge in [-0.15, -0.1) is 0 Å². The van der Waals surface area contributed by atoms with Crippen LogP contribution in [0.2, 0.25) is 0 Å². The average Bonchev–Trinajstić information content (AvgIpc) is 2.62. The van der Waals surface area contributed by atoms with E-state index >= 15 is 0 Å². The Bertz CT molecular complexity index is 601. The monoisotopic (exact) mass is 318 g/mol. The highest BCUT2D eigenvalue weighted by atomic mass is 16.8. The standard InChI is InChI=1S/C18H22O5/c1-5-23-18(22-4)13-15(11-12-17(18,20-2)21-3)16(19)14-9-7-6-8-10-14/h6-13H,5H2,1-4H3. The molecular weight excluding hydrogens is 296 g/mol. The van der Waals surface area contributed by atoms with Crippen LogP contribution >= 0.6 is 0 Å². The van der Waals surface area contributed by atoms with E-state index in [2.05, 4.69) is 0 Å². The molecule has 1 aliphatic rings. The molecule has 0 saturated heterocycles. The minimum absolute atomic E-state index is 0.121. The van der Waals surface area contributed by atoms with Crippen molar-refractivity contribution in [2.24, 2.45) is 0 Å². The van der Waals surface area contributed by atoms with Gasteiger partial charge in [-0.1, -0.05) is 30.3 Å². The molecule has 0 spiro atoms. The van der Waals surface area contributed by atoms with Crippen molar-refractivity contribution in [2.45, 2.75) is 18.5 Å². The van der Waals surface area contributed by atoms with E-state index in [9.17, 15) is 4.79 Å². The number of ether oxygens (including phenoxy) is 4. The van der Waals surface area contributed by atoms with Crippen LogP contribution in [0.4, 0.5) is 0 Å². The van der Waals surface area contributed by atoms with Crippen molar-refractivity contribution in [3.63, 3.8) is 0 Å². The predicted octanol–water partition coefficient (Wildman–Crippen LogP) is 2.73. The Labute approximate surface area is 136 Å². The molecule has 0 aliphatic heterocycles. The van der Waals surface area contributed by atoms with Crippen LogP contribution in [0, 0.1) is 0 Å². The summed E-state index contributed by atoms with van der Waals surface area (Å²) in [4.78, 5) is 12.7. The number of benzene rings is 1. The van der Waals surface area contributed by atoms with Crippen LogP contribution in [0.3, 0.4) is 0 Å². The van der Waals surface area contributed by atoms with E-state index in [1.54, 1.807) is 30.4 Å². The summed E-state index contributed by atoms with van der Waals surface area (Å²) < 4.78 is 22.4. The molecule has 0 fully saturated rings. The van der Waals surface area contributed by atoms with Crippen molar-refractivity contribution in [3.8, 4) is 0 Å². The Morgan fingerprint density at radius 3 is 2.13 bits per heavy atom. The van der Waals surface area contributed by atoms with Gasteiger partial charge in [-0.2, -0.15) is 0 Å². The first-order valence-electron chi connectivity index (χ1n) is 7.39. The van der Waals surface area contributed by atoms with Gasteiger partial charge in [0.15, 0.2) is 5.78 Å². The van der Waals surface area contributed by atoms with E-state index in [-0.39, 0.29) is 5.78 Å². The molecule has 5 heteroatoms. The van der Waals surface area contributed by atoms with Gasteiger partial charge >= 0.3 is 0 Å². The predicted molar refractivity (Wildman–Crippen MR) is 86.1 cm³/mol. The minimum Gasteiger partial charge on any atom is -0.345 e. The number of allylic oxidation sites excluding steroid dienone is 2. The highest BCUT2D eigenvalue weighted by Crippen LogP contribution is 2.39. The smallest absolute Gasteiger partial charge is 0.248 e. The average molecular weight is 318 g/mol. The second-order valence-corrected chi connectivity index (χ2v) is 5.01. The Morgan fingerprint density at radius 2 is 1.61 bits per heavy atom. The number of rotatable bonds is 7. The van der Waals surface area contributed by atoms with Gasteiger partial charge in [-0.3, -0.25) is 4.79 Å². The maximum Gasteiger partial charge on any atom is 0.248 e. The summed E-state index contributed by atoms with van der Waals surface area (Å²) in [5, 5.41) is 0. The molecule has 0 aromatic heterocycles. The third-order valence-electron chi connectivity index (χ3n) is 3.88. The molecule has 1 aromatic rings.